The van der Waals surface area contributed by atoms with Gasteiger partial charge in [-0.05, 0) is 37.5 Å². The predicted molar refractivity (Wildman–Crippen MR) is 98.7 cm³/mol. The van der Waals surface area contributed by atoms with Crippen molar-refractivity contribution >= 4 is 5.91 Å². The van der Waals surface area contributed by atoms with Crippen LogP contribution in [-0.4, -0.2) is 51.9 Å². The predicted octanol–water partition coefficient (Wildman–Crippen LogP) is 2.19. The van der Waals surface area contributed by atoms with E-state index in [1.54, 1.807) is 6.20 Å². The number of ether oxygens (including phenoxy) is 2. The van der Waals surface area contributed by atoms with Crippen LogP contribution in [0.25, 0.3) is 0 Å². The van der Waals surface area contributed by atoms with Crippen molar-refractivity contribution in [1.82, 2.24) is 19.7 Å². The molecule has 1 amide bonds. The van der Waals surface area contributed by atoms with Gasteiger partial charge in [-0.15, -0.1) is 0 Å². The summed E-state index contributed by atoms with van der Waals surface area (Å²) in [6, 6.07) is 7.97. The molecule has 1 unspecified atom stereocenters. The van der Waals surface area contributed by atoms with Crippen LogP contribution in [0.1, 0.15) is 36.7 Å². The van der Waals surface area contributed by atoms with Gasteiger partial charge in [0.2, 0.25) is 5.91 Å². The number of fused-ring (bicyclic) bond motifs is 1. The first kappa shape index (κ1) is 18.1. The number of pyridine rings is 1. The number of hydrogen-bond donors (Lipinski definition) is 0. The van der Waals surface area contributed by atoms with Crippen LogP contribution >= 0.6 is 0 Å². The first-order valence-electron chi connectivity index (χ1n) is 9.68. The summed E-state index contributed by atoms with van der Waals surface area (Å²) in [5, 5.41) is 4.47. The third-order valence-electron chi connectivity index (χ3n) is 5.34. The van der Waals surface area contributed by atoms with Crippen LogP contribution in [0.2, 0.25) is 0 Å². The Kier molecular flexibility index (Phi) is 5.79. The first-order valence-corrected chi connectivity index (χ1v) is 9.68. The van der Waals surface area contributed by atoms with Crippen molar-refractivity contribution in [1.29, 1.82) is 0 Å². The zero-order valence-corrected chi connectivity index (χ0v) is 15.5. The van der Waals surface area contributed by atoms with E-state index < -0.39 is 0 Å². The van der Waals surface area contributed by atoms with E-state index in [0.717, 1.165) is 30.7 Å². The molecule has 0 bridgehead atoms. The number of carbonyl (C=O) groups excluding carboxylic acids is 1. The molecule has 144 valence electrons. The molecule has 7 heteroatoms. The number of aromatic nitrogens is 3. The third-order valence-corrected chi connectivity index (χ3v) is 5.34. The normalized spacial score (nSPS) is 20.4. The van der Waals surface area contributed by atoms with Crippen LogP contribution in [0.4, 0.5) is 0 Å². The van der Waals surface area contributed by atoms with E-state index >= 15 is 0 Å². The van der Waals surface area contributed by atoms with Gasteiger partial charge in [-0.2, -0.15) is 5.10 Å². The number of hydrogen-bond acceptors (Lipinski definition) is 5. The van der Waals surface area contributed by atoms with Crippen LogP contribution in [0.15, 0.2) is 36.7 Å². The Morgan fingerprint density at radius 2 is 2.11 bits per heavy atom. The quantitative estimate of drug-likeness (QED) is 0.729. The molecule has 1 saturated heterocycles. The monoisotopic (exact) mass is 370 g/mol. The number of amides is 1. The van der Waals surface area contributed by atoms with Crippen molar-refractivity contribution in [3.63, 3.8) is 0 Å². The van der Waals surface area contributed by atoms with E-state index in [4.69, 9.17) is 9.47 Å². The Bertz CT molecular complexity index is 743. The summed E-state index contributed by atoms with van der Waals surface area (Å²) in [7, 11) is 0. The largest absolute Gasteiger partial charge is 0.381 e. The maximum atomic E-state index is 12.9. The molecule has 0 aromatic carbocycles. The first-order chi connectivity index (χ1) is 13.3. The standard InChI is InChI=1S/C20H26N4O3/c25-20(16-5-10-26-11-6-16)23-13-18-4-9-22-24(18)19(14-23)7-12-27-15-17-3-1-2-8-21-17/h1-4,8-9,16,19H,5-7,10-15H2. The van der Waals surface area contributed by atoms with E-state index in [2.05, 4.69) is 14.8 Å². The highest BCUT2D eigenvalue weighted by Crippen LogP contribution is 2.26. The SMILES string of the molecule is O=C(C1CCOCC1)N1Cc2ccnn2C(CCOCc2ccccn2)C1. The van der Waals surface area contributed by atoms with Gasteiger partial charge in [-0.25, -0.2) is 0 Å². The molecule has 0 radical (unpaired) electrons. The highest BCUT2D eigenvalue weighted by atomic mass is 16.5. The molecule has 27 heavy (non-hydrogen) atoms. The minimum absolute atomic E-state index is 0.0919. The lowest BCUT2D eigenvalue weighted by atomic mass is 9.97. The van der Waals surface area contributed by atoms with Gasteiger partial charge in [-0.1, -0.05) is 6.07 Å². The molecule has 2 aliphatic rings. The van der Waals surface area contributed by atoms with Crippen LogP contribution in [0, 0.1) is 5.92 Å². The molecule has 1 atom stereocenters. The van der Waals surface area contributed by atoms with Crippen LogP contribution in [0.5, 0.6) is 0 Å². The highest BCUT2D eigenvalue weighted by molar-refractivity contribution is 5.79. The summed E-state index contributed by atoms with van der Waals surface area (Å²) in [5.74, 6) is 0.347. The number of carbonyl (C=O) groups is 1. The van der Waals surface area contributed by atoms with Gasteiger partial charge in [0.05, 0.1) is 30.6 Å². The van der Waals surface area contributed by atoms with Crippen molar-refractivity contribution < 1.29 is 14.3 Å². The molecule has 4 heterocycles. The lowest BCUT2D eigenvalue weighted by Gasteiger charge is -2.36. The topological polar surface area (TPSA) is 69.5 Å². The summed E-state index contributed by atoms with van der Waals surface area (Å²) in [5.41, 5.74) is 2.02. The molecular formula is C20H26N4O3. The Balaban J connectivity index is 1.34. The molecule has 2 aliphatic heterocycles. The minimum Gasteiger partial charge on any atom is -0.381 e. The van der Waals surface area contributed by atoms with Gasteiger partial charge in [0, 0.05) is 44.7 Å². The van der Waals surface area contributed by atoms with E-state index in [1.807, 2.05) is 35.4 Å². The van der Waals surface area contributed by atoms with E-state index in [9.17, 15) is 4.79 Å². The van der Waals surface area contributed by atoms with Gasteiger partial charge >= 0.3 is 0 Å². The summed E-state index contributed by atoms with van der Waals surface area (Å²) in [6.07, 6.45) is 6.06. The van der Waals surface area contributed by atoms with Gasteiger partial charge in [0.25, 0.3) is 0 Å². The maximum absolute atomic E-state index is 12.9. The molecule has 0 N–H and O–H groups in total. The van der Waals surface area contributed by atoms with E-state index in [-0.39, 0.29) is 17.9 Å². The van der Waals surface area contributed by atoms with E-state index in [1.165, 1.54) is 0 Å². The second-order valence-electron chi connectivity index (χ2n) is 7.19. The molecule has 1 fully saturated rings. The summed E-state index contributed by atoms with van der Waals surface area (Å²) in [6.45, 7) is 3.82. The zero-order chi connectivity index (χ0) is 18.5. The van der Waals surface area contributed by atoms with Crippen molar-refractivity contribution in [3.05, 3.63) is 48.0 Å². The molecule has 4 rings (SSSR count). The molecule has 0 spiro atoms. The fraction of sp³-hybridized carbons (Fsp3) is 0.550. The molecule has 0 saturated carbocycles. The summed E-state index contributed by atoms with van der Waals surface area (Å²) < 4.78 is 13.3. The molecule has 2 aromatic heterocycles. The lowest BCUT2D eigenvalue weighted by Crippen LogP contribution is -2.45. The number of rotatable bonds is 6. The summed E-state index contributed by atoms with van der Waals surface area (Å²) >= 11 is 0. The minimum atomic E-state index is 0.0919. The van der Waals surface area contributed by atoms with Gasteiger partial charge in [-0.3, -0.25) is 14.5 Å². The molecule has 7 nitrogen and oxygen atoms in total. The average Bonchev–Trinajstić information content (AvgIpc) is 3.21. The van der Waals surface area contributed by atoms with Crippen LogP contribution < -0.4 is 0 Å². The summed E-state index contributed by atoms with van der Waals surface area (Å²) in [4.78, 5) is 19.2. The molecule has 0 aliphatic carbocycles. The zero-order valence-electron chi connectivity index (χ0n) is 15.5. The fourth-order valence-corrected chi connectivity index (χ4v) is 3.85. The highest BCUT2D eigenvalue weighted by Gasteiger charge is 2.32. The Labute approximate surface area is 159 Å². The van der Waals surface area contributed by atoms with Gasteiger partial charge in [0.1, 0.15) is 0 Å². The van der Waals surface area contributed by atoms with Crippen molar-refractivity contribution in [2.45, 2.75) is 38.5 Å². The maximum Gasteiger partial charge on any atom is 0.226 e. The Morgan fingerprint density at radius 1 is 1.22 bits per heavy atom. The lowest BCUT2D eigenvalue weighted by molar-refractivity contribution is -0.140. The average molecular weight is 370 g/mol. The van der Waals surface area contributed by atoms with Crippen LogP contribution in [-0.2, 0) is 27.4 Å². The smallest absolute Gasteiger partial charge is 0.226 e. The van der Waals surface area contributed by atoms with E-state index in [0.29, 0.717) is 39.5 Å². The molecular weight excluding hydrogens is 344 g/mol. The van der Waals surface area contributed by atoms with Crippen LogP contribution in [0.3, 0.4) is 0 Å². The fourth-order valence-electron chi connectivity index (χ4n) is 3.85. The third kappa shape index (κ3) is 4.36. The van der Waals surface area contributed by atoms with Gasteiger partial charge in [0.15, 0.2) is 0 Å². The Morgan fingerprint density at radius 3 is 2.93 bits per heavy atom. The second kappa shape index (κ2) is 8.63. The number of nitrogens with zero attached hydrogens (tertiary/aromatic N) is 4. The van der Waals surface area contributed by atoms with Crippen molar-refractivity contribution in [2.75, 3.05) is 26.4 Å². The van der Waals surface area contributed by atoms with Gasteiger partial charge < -0.3 is 14.4 Å². The van der Waals surface area contributed by atoms with Crippen molar-refractivity contribution in [2.24, 2.45) is 5.92 Å². The second-order valence-corrected chi connectivity index (χ2v) is 7.19. The Hall–Kier alpha value is -2.25. The molecule has 2 aromatic rings. The van der Waals surface area contributed by atoms with Crippen molar-refractivity contribution in [3.8, 4) is 0 Å².